The van der Waals surface area contributed by atoms with Gasteiger partial charge >= 0.3 is 6.18 Å². The van der Waals surface area contributed by atoms with E-state index >= 15 is 0 Å². The Morgan fingerprint density at radius 2 is 1.88 bits per heavy atom. The minimum atomic E-state index is -4.45. The molecule has 0 radical (unpaired) electrons. The van der Waals surface area contributed by atoms with Crippen LogP contribution in [-0.2, 0) is 11.0 Å². The number of hydrogen-bond acceptors (Lipinski definition) is 2. The summed E-state index contributed by atoms with van der Waals surface area (Å²) in [6.45, 7) is 5.59. The normalized spacial score (nSPS) is 12.5. The Hall–Kier alpha value is -2.50. The third-order valence-electron chi connectivity index (χ3n) is 4.08. The molecule has 0 fully saturated rings. The van der Waals surface area contributed by atoms with Gasteiger partial charge in [-0.15, -0.1) is 0 Å². The summed E-state index contributed by atoms with van der Waals surface area (Å²) in [5.41, 5.74) is 2.43. The van der Waals surface area contributed by atoms with Gasteiger partial charge in [-0.2, -0.15) is 13.2 Å². The molecule has 0 aliphatic carbocycles. The van der Waals surface area contributed by atoms with E-state index in [4.69, 9.17) is 4.74 Å². The molecule has 2 aromatic rings. The third kappa shape index (κ3) is 5.25. The zero-order valence-corrected chi connectivity index (χ0v) is 15.0. The number of aryl methyl sites for hydroxylation is 2. The van der Waals surface area contributed by atoms with Gasteiger partial charge in [0.1, 0.15) is 5.75 Å². The molecule has 2 aromatic carbocycles. The predicted molar refractivity (Wildman–Crippen MR) is 94.0 cm³/mol. The maximum Gasteiger partial charge on any atom is 0.416 e. The van der Waals surface area contributed by atoms with Crippen LogP contribution in [0.4, 0.5) is 13.2 Å². The monoisotopic (exact) mass is 365 g/mol. The maximum atomic E-state index is 12.7. The molecule has 0 aliphatic heterocycles. The van der Waals surface area contributed by atoms with E-state index in [0.717, 1.165) is 28.8 Å². The average molecular weight is 365 g/mol. The minimum absolute atomic E-state index is 0.00883. The van der Waals surface area contributed by atoms with E-state index in [1.165, 1.54) is 12.1 Å². The van der Waals surface area contributed by atoms with Crippen LogP contribution in [0.3, 0.4) is 0 Å². The number of carbonyl (C=O) groups excluding carboxylic acids is 1. The first-order valence-corrected chi connectivity index (χ1v) is 8.37. The second-order valence-electron chi connectivity index (χ2n) is 6.20. The predicted octanol–water partition coefficient (Wildman–Crippen LogP) is 4.97. The van der Waals surface area contributed by atoms with Crippen LogP contribution in [0.1, 0.15) is 41.6 Å². The van der Waals surface area contributed by atoms with E-state index in [9.17, 15) is 18.0 Å². The standard InChI is InChI=1S/C20H22F3NO2/c1-4-18(17-9-8-13(2)10-14(17)3)24-19(25)12-26-16-7-5-6-15(11-16)20(21,22)23/h5-11,18H,4,12H2,1-3H3,(H,24,25)/t18-/m1/s1. The Labute approximate surface area is 151 Å². The van der Waals surface area contributed by atoms with Gasteiger partial charge in [0, 0.05) is 0 Å². The summed E-state index contributed by atoms with van der Waals surface area (Å²) in [6, 6.07) is 10.3. The summed E-state index contributed by atoms with van der Waals surface area (Å²) >= 11 is 0. The number of alkyl halides is 3. The van der Waals surface area contributed by atoms with Crippen molar-refractivity contribution >= 4 is 5.91 Å². The van der Waals surface area contributed by atoms with Gasteiger partial charge in [0.05, 0.1) is 11.6 Å². The van der Waals surface area contributed by atoms with Gasteiger partial charge in [-0.05, 0) is 49.6 Å². The van der Waals surface area contributed by atoms with E-state index in [0.29, 0.717) is 6.42 Å². The molecule has 0 aromatic heterocycles. The van der Waals surface area contributed by atoms with Crippen molar-refractivity contribution in [1.82, 2.24) is 5.32 Å². The van der Waals surface area contributed by atoms with Crippen LogP contribution in [0.2, 0.25) is 0 Å². The lowest BCUT2D eigenvalue weighted by Crippen LogP contribution is -2.32. The fraction of sp³-hybridized carbons (Fsp3) is 0.350. The van der Waals surface area contributed by atoms with Crippen molar-refractivity contribution in [2.45, 2.75) is 39.4 Å². The molecule has 6 heteroatoms. The van der Waals surface area contributed by atoms with Gasteiger partial charge in [0.2, 0.25) is 0 Å². The highest BCUT2D eigenvalue weighted by Gasteiger charge is 2.30. The van der Waals surface area contributed by atoms with Crippen LogP contribution in [-0.4, -0.2) is 12.5 Å². The smallest absolute Gasteiger partial charge is 0.416 e. The molecule has 26 heavy (non-hydrogen) atoms. The van der Waals surface area contributed by atoms with Gasteiger partial charge in [-0.3, -0.25) is 4.79 Å². The van der Waals surface area contributed by atoms with Crippen molar-refractivity contribution in [2.24, 2.45) is 0 Å². The fourth-order valence-electron chi connectivity index (χ4n) is 2.76. The SMILES string of the molecule is CC[C@@H](NC(=O)COc1cccc(C(F)(F)F)c1)c1ccc(C)cc1C. The molecule has 0 bridgehead atoms. The average Bonchev–Trinajstić information content (AvgIpc) is 2.58. The molecule has 0 saturated carbocycles. The number of halogens is 3. The Bertz CT molecular complexity index is 772. The van der Waals surface area contributed by atoms with Crippen molar-refractivity contribution in [3.63, 3.8) is 0 Å². The quantitative estimate of drug-likeness (QED) is 0.785. The molecule has 2 rings (SSSR count). The van der Waals surface area contributed by atoms with Crippen LogP contribution in [0, 0.1) is 13.8 Å². The molecule has 1 amide bonds. The van der Waals surface area contributed by atoms with E-state index < -0.39 is 11.7 Å². The number of rotatable bonds is 6. The zero-order chi connectivity index (χ0) is 19.3. The second-order valence-corrected chi connectivity index (χ2v) is 6.20. The van der Waals surface area contributed by atoms with Gasteiger partial charge in [0.25, 0.3) is 5.91 Å². The number of amides is 1. The summed E-state index contributed by atoms with van der Waals surface area (Å²) in [7, 11) is 0. The molecular weight excluding hydrogens is 343 g/mol. The number of benzene rings is 2. The molecule has 0 unspecified atom stereocenters. The number of nitrogens with one attached hydrogen (secondary N) is 1. The highest BCUT2D eigenvalue weighted by atomic mass is 19.4. The number of ether oxygens (including phenoxy) is 1. The van der Waals surface area contributed by atoms with E-state index in [-0.39, 0.29) is 24.3 Å². The Kier molecular flexibility index (Phi) is 6.29. The number of hydrogen-bond donors (Lipinski definition) is 1. The molecule has 1 atom stereocenters. The molecule has 0 aliphatic rings. The lowest BCUT2D eigenvalue weighted by atomic mass is 9.97. The molecule has 0 heterocycles. The van der Waals surface area contributed by atoms with Crippen molar-refractivity contribution in [2.75, 3.05) is 6.61 Å². The first-order valence-electron chi connectivity index (χ1n) is 8.37. The van der Waals surface area contributed by atoms with E-state index in [2.05, 4.69) is 5.32 Å². The Morgan fingerprint density at radius 1 is 1.15 bits per heavy atom. The van der Waals surface area contributed by atoms with Crippen LogP contribution in [0.5, 0.6) is 5.75 Å². The van der Waals surface area contributed by atoms with Crippen LogP contribution in [0.15, 0.2) is 42.5 Å². The van der Waals surface area contributed by atoms with Gasteiger partial charge in [-0.25, -0.2) is 0 Å². The second kappa shape index (κ2) is 8.25. The molecule has 1 N–H and O–H groups in total. The van der Waals surface area contributed by atoms with Crippen molar-refractivity contribution in [3.8, 4) is 5.75 Å². The highest BCUT2D eigenvalue weighted by Crippen LogP contribution is 2.31. The van der Waals surface area contributed by atoms with Crippen LogP contribution < -0.4 is 10.1 Å². The molecule has 0 saturated heterocycles. The van der Waals surface area contributed by atoms with E-state index in [1.54, 1.807) is 0 Å². The van der Waals surface area contributed by atoms with Crippen molar-refractivity contribution in [3.05, 3.63) is 64.7 Å². The molecular formula is C20H22F3NO2. The first kappa shape index (κ1) is 19.8. The fourth-order valence-corrected chi connectivity index (χ4v) is 2.76. The van der Waals surface area contributed by atoms with Crippen molar-refractivity contribution in [1.29, 1.82) is 0 Å². The summed E-state index contributed by atoms with van der Waals surface area (Å²) in [6.07, 6.45) is -3.75. The van der Waals surface area contributed by atoms with Crippen LogP contribution >= 0.6 is 0 Å². The Morgan fingerprint density at radius 3 is 2.50 bits per heavy atom. The number of carbonyl (C=O) groups is 1. The van der Waals surface area contributed by atoms with Crippen LogP contribution in [0.25, 0.3) is 0 Å². The molecule has 3 nitrogen and oxygen atoms in total. The summed E-state index contributed by atoms with van der Waals surface area (Å²) in [5, 5.41) is 2.87. The van der Waals surface area contributed by atoms with Gasteiger partial charge in [0.15, 0.2) is 6.61 Å². The summed E-state index contributed by atoms with van der Waals surface area (Å²) < 4.78 is 43.3. The highest BCUT2D eigenvalue weighted by molar-refractivity contribution is 5.78. The van der Waals surface area contributed by atoms with E-state index in [1.807, 2.05) is 39.0 Å². The maximum absolute atomic E-state index is 12.7. The lowest BCUT2D eigenvalue weighted by molar-refractivity contribution is -0.137. The first-order chi connectivity index (χ1) is 12.2. The third-order valence-corrected chi connectivity index (χ3v) is 4.08. The van der Waals surface area contributed by atoms with Gasteiger partial charge < -0.3 is 10.1 Å². The molecule has 0 spiro atoms. The zero-order valence-electron chi connectivity index (χ0n) is 15.0. The molecule has 140 valence electrons. The Balaban J connectivity index is 1.99. The largest absolute Gasteiger partial charge is 0.484 e. The minimum Gasteiger partial charge on any atom is -0.484 e. The lowest BCUT2D eigenvalue weighted by Gasteiger charge is -2.20. The van der Waals surface area contributed by atoms with Crippen molar-refractivity contribution < 1.29 is 22.7 Å². The summed E-state index contributed by atoms with van der Waals surface area (Å²) in [5.74, 6) is -0.372. The topological polar surface area (TPSA) is 38.3 Å². The summed E-state index contributed by atoms with van der Waals surface area (Å²) in [4.78, 5) is 12.2. The van der Waals surface area contributed by atoms with Gasteiger partial charge in [-0.1, -0.05) is 36.8 Å².